The maximum Gasteiger partial charge on any atom is 0.272 e. The van der Waals surface area contributed by atoms with Gasteiger partial charge in [-0.05, 0) is 41.2 Å². The molecule has 1 aromatic heterocycles. The summed E-state index contributed by atoms with van der Waals surface area (Å²) in [7, 11) is 0. The number of aromatic nitrogens is 2. The van der Waals surface area contributed by atoms with Crippen LogP contribution in [0.25, 0.3) is 0 Å². The Hall–Kier alpha value is -5.18. The predicted octanol–water partition coefficient (Wildman–Crippen LogP) is 2.89. The van der Waals surface area contributed by atoms with Crippen LogP contribution >= 0.6 is 0 Å². The Kier molecular flexibility index (Phi) is 8.64. The first-order valence-electron chi connectivity index (χ1n) is 14.6. The molecule has 0 saturated carbocycles. The van der Waals surface area contributed by atoms with E-state index in [4.69, 9.17) is 0 Å². The van der Waals surface area contributed by atoms with Crippen LogP contribution in [0.15, 0.2) is 67.1 Å². The van der Waals surface area contributed by atoms with Gasteiger partial charge in [0.25, 0.3) is 5.91 Å². The summed E-state index contributed by atoms with van der Waals surface area (Å²) in [5.74, 6) is -2.53. The lowest BCUT2D eigenvalue weighted by Crippen LogP contribution is -2.56. The lowest BCUT2D eigenvalue weighted by atomic mass is 9.80. The van der Waals surface area contributed by atoms with E-state index >= 15 is 0 Å². The highest BCUT2D eigenvalue weighted by atomic mass is 19.1. The Balaban J connectivity index is 1.42. The van der Waals surface area contributed by atoms with Gasteiger partial charge in [-0.1, -0.05) is 51.1 Å². The van der Waals surface area contributed by atoms with Crippen LogP contribution in [0.5, 0.6) is 0 Å². The minimum Gasteiger partial charge on any atom is -0.342 e. The lowest BCUT2D eigenvalue weighted by Gasteiger charge is -2.32. The first-order chi connectivity index (χ1) is 21.4. The molecule has 3 aromatic rings. The second-order valence-corrected chi connectivity index (χ2v) is 12.7. The van der Waals surface area contributed by atoms with Crippen molar-refractivity contribution in [3.8, 4) is 6.07 Å². The molecular weight excluding hydrogens is 577 g/mol. The zero-order valence-electron chi connectivity index (χ0n) is 25.2. The summed E-state index contributed by atoms with van der Waals surface area (Å²) in [6, 6.07) is 11.8. The predicted molar refractivity (Wildman–Crippen MR) is 162 cm³/mol. The number of hydrogen-bond donors (Lipinski definition) is 3. The van der Waals surface area contributed by atoms with Crippen LogP contribution in [0.4, 0.5) is 10.1 Å². The largest absolute Gasteiger partial charge is 0.342 e. The number of fused-ring (bicyclic) bond motifs is 2. The number of likely N-dealkylation sites (tertiary alicyclic amines) is 1. The molecule has 1 spiro atoms. The molecule has 2 aromatic carbocycles. The van der Waals surface area contributed by atoms with Crippen LogP contribution in [0.2, 0.25) is 0 Å². The highest BCUT2D eigenvalue weighted by Gasteiger charge is 2.56. The molecule has 4 amide bonds. The maximum atomic E-state index is 14.2. The molecule has 0 aliphatic carbocycles. The summed E-state index contributed by atoms with van der Waals surface area (Å²) in [5.41, 5.74) is 0.430. The fourth-order valence-electron chi connectivity index (χ4n) is 5.98. The topological polar surface area (TPSA) is 157 Å². The highest BCUT2D eigenvalue weighted by molar-refractivity contribution is 6.07. The van der Waals surface area contributed by atoms with Gasteiger partial charge in [-0.3, -0.25) is 24.2 Å². The van der Waals surface area contributed by atoms with Crippen molar-refractivity contribution >= 4 is 29.3 Å². The van der Waals surface area contributed by atoms with Crippen molar-refractivity contribution in [2.45, 2.75) is 63.6 Å². The molecule has 2 aliphatic heterocycles. The van der Waals surface area contributed by atoms with E-state index in [9.17, 15) is 28.8 Å². The monoisotopic (exact) mass is 611 g/mol. The van der Waals surface area contributed by atoms with E-state index in [2.05, 4.69) is 32.0 Å². The average Bonchev–Trinajstić information content (AvgIpc) is 3.54. The lowest BCUT2D eigenvalue weighted by molar-refractivity contribution is -0.138. The third-order valence-corrected chi connectivity index (χ3v) is 8.12. The number of benzene rings is 2. The Labute approximate surface area is 260 Å². The van der Waals surface area contributed by atoms with Gasteiger partial charge in [-0.15, -0.1) is 0 Å². The van der Waals surface area contributed by atoms with E-state index in [0.29, 0.717) is 11.3 Å². The zero-order valence-corrected chi connectivity index (χ0v) is 25.2. The molecule has 0 unspecified atom stereocenters. The summed E-state index contributed by atoms with van der Waals surface area (Å²) in [6.45, 7) is 5.73. The summed E-state index contributed by atoms with van der Waals surface area (Å²) >= 11 is 0. The maximum absolute atomic E-state index is 14.2. The van der Waals surface area contributed by atoms with Crippen molar-refractivity contribution in [1.29, 1.82) is 5.26 Å². The number of anilines is 1. The number of amides is 4. The minimum atomic E-state index is -1.16. The smallest absolute Gasteiger partial charge is 0.272 e. The van der Waals surface area contributed by atoms with Crippen LogP contribution in [0, 0.1) is 22.6 Å². The van der Waals surface area contributed by atoms with E-state index in [-0.39, 0.29) is 37.4 Å². The van der Waals surface area contributed by atoms with Gasteiger partial charge in [0, 0.05) is 37.5 Å². The molecule has 0 bridgehead atoms. The molecule has 3 heterocycles. The quantitative estimate of drug-likeness (QED) is 0.354. The van der Waals surface area contributed by atoms with Gasteiger partial charge in [0.15, 0.2) is 0 Å². The molecule has 1 fully saturated rings. The second kappa shape index (κ2) is 12.4. The second-order valence-electron chi connectivity index (χ2n) is 12.7. The number of nitrogens with zero attached hydrogens (tertiary/aromatic N) is 4. The van der Waals surface area contributed by atoms with Crippen molar-refractivity contribution in [3.05, 3.63) is 89.8 Å². The fraction of sp³-hybridized carbons (Fsp3) is 0.364. The number of nitrogens with one attached hydrogen (secondary N) is 3. The van der Waals surface area contributed by atoms with E-state index < -0.39 is 52.5 Å². The fourth-order valence-corrected chi connectivity index (χ4v) is 5.98. The van der Waals surface area contributed by atoms with E-state index in [1.54, 1.807) is 12.1 Å². The van der Waals surface area contributed by atoms with E-state index in [0.717, 1.165) is 5.56 Å². The molecule has 11 nitrogen and oxygen atoms in total. The SMILES string of the molecule is CC(C)(C)C[C@H](NC(=O)[C@H](Cc1ccc(F)cc1)NC(=O)c1cnccn1)C(=O)N1C[C@]2(C[C@H]1C#N)C(=O)Nc1ccccc12. The van der Waals surface area contributed by atoms with E-state index in [1.807, 2.05) is 32.9 Å². The van der Waals surface area contributed by atoms with Crippen molar-refractivity contribution in [2.75, 3.05) is 11.9 Å². The highest BCUT2D eigenvalue weighted by Crippen LogP contribution is 2.46. The summed E-state index contributed by atoms with van der Waals surface area (Å²) < 4.78 is 13.6. The third-order valence-electron chi connectivity index (χ3n) is 8.12. The summed E-state index contributed by atoms with van der Waals surface area (Å²) in [5, 5.41) is 18.5. The first kappa shape index (κ1) is 31.3. The number of nitriles is 1. The third kappa shape index (κ3) is 6.67. The number of rotatable bonds is 8. The Bertz CT molecular complexity index is 1650. The number of carbonyl (C=O) groups is 4. The Morgan fingerprint density at radius 2 is 1.84 bits per heavy atom. The van der Waals surface area contributed by atoms with Gasteiger partial charge in [0.05, 0.1) is 17.7 Å². The molecule has 45 heavy (non-hydrogen) atoms. The van der Waals surface area contributed by atoms with Crippen LogP contribution in [-0.2, 0) is 26.2 Å². The molecule has 232 valence electrons. The van der Waals surface area contributed by atoms with Crippen molar-refractivity contribution in [3.63, 3.8) is 0 Å². The van der Waals surface area contributed by atoms with Crippen molar-refractivity contribution < 1.29 is 23.6 Å². The van der Waals surface area contributed by atoms with Crippen LogP contribution in [0.1, 0.15) is 55.2 Å². The van der Waals surface area contributed by atoms with Crippen LogP contribution in [-0.4, -0.2) is 63.2 Å². The summed E-state index contributed by atoms with van der Waals surface area (Å²) in [6.07, 6.45) is 4.35. The molecular formula is C33H34FN7O4. The van der Waals surface area contributed by atoms with E-state index in [1.165, 1.54) is 47.8 Å². The number of para-hydroxylation sites is 1. The van der Waals surface area contributed by atoms with Gasteiger partial charge in [0.2, 0.25) is 17.7 Å². The summed E-state index contributed by atoms with van der Waals surface area (Å²) in [4.78, 5) is 63.7. The van der Waals surface area contributed by atoms with Crippen LogP contribution < -0.4 is 16.0 Å². The molecule has 5 rings (SSSR count). The zero-order chi connectivity index (χ0) is 32.4. The van der Waals surface area contributed by atoms with Gasteiger partial charge < -0.3 is 20.9 Å². The average molecular weight is 612 g/mol. The first-order valence-corrected chi connectivity index (χ1v) is 14.6. The van der Waals surface area contributed by atoms with Gasteiger partial charge in [-0.2, -0.15) is 5.26 Å². The Morgan fingerprint density at radius 1 is 1.11 bits per heavy atom. The molecule has 2 aliphatic rings. The molecule has 4 atom stereocenters. The van der Waals surface area contributed by atoms with Crippen molar-refractivity contribution in [1.82, 2.24) is 25.5 Å². The van der Waals surface area contributed by atoms with Gasteiger partial charge in [-0.25, -0.2) is 9.37 Å². The molecule has 0 radical (unpaired) electrons. The molecule has 12 heteroatoms. The normalized spacial score (nSPS) is 20.1. The molecule has 1 saturated heterocycles. The van der Waals surface area contributed by atoms with Crippen molar-refractivity contribution in [2.24, 2.45) is 5.41 Å². The van der Waals surface area contributed by atoms with Gasteiger partial charge >= 0.3 is 0 Å². The van der Waals surface area contributed by atoms with Gasteiger partial charge in [0.1, 0.15) is 29.6 Å². The molecule has 3 N–H and O–H groups in total. The van der Waals surface area contributed by atoms with Crippen LogP contribution in [0.3, 0.4) is 0 Å². The standard InChI is InChI=1S/C33H34FN7O4/c1-32(2,3)16-26(30(44)41-19-33(15-22(41)17-35)23-6-4-5-7-24(23)40-31(33)45)39-28(42)25(14-20-8-10-21(34)11-9-20)38-29(43)27-18-36-12-13-37-27/h4-13,18,22,25-26H,14-16,19H2,1-3H3,(H,38,43)(H,39,42)(H,40,45)/t22-,25-,26-,33-/m0/s1. The Morgan fingerprint density at radius 3 is 2.51 bits per heavy atom. The number of hydrogen-bond acceptors (Lipinski definition) is 7. The minimum absolute atomic E-state index is 0.000848. The number of halogens is 1. The number of carbonyl (C=O) groups excluding carboxylic acids is 4.